The number of aromatic amines is 1. The van der Waals surface area contributed by atoms with Gasteiger partial charge in [-0.1, -0.05) is 18.2 Å². The number of para-hydroxylation sites is 1. The van der Waals surface area contributed by atoms with E-state index in [4.69, 9.17) is 15.9 Å². The molecule has 0 saturated carbocycles. The minimum Gasteiger partial charge on any atom is -0.481 e. The number of furan rings is 1. The minimum atomic E-state index is -0.972. The van der Waals surface area contributed by atoms with Gasteiger partial charge in [0.1, 0.15) is 6.04 Å². The van der Waals surface area contributed by atoms with Gasteiger partial charge in [0, 0.05) is 29.6 Å². The number of nitrogens with two attached hydrogens (primary N) is 1. The van der Waals surface area contributed by atoms with Crippen molar-refractivity contribution >= 4 is 16.9 Å². The number of fused-ring (bicyclic) bond motifs is 1. The van der Waals surface area contributed by atoms with Crippen LogP contribution in [0.25, 0.3) is 10.9 Å². The van der Waals surface area contributed by atoms with Gasteiger partial charge in [-0.3, -0.25) is 4.79 Å². The van der Waals surface area contributed by atoms with E-state index in [-0.39, 0.29) is 5.95 Å². The van der Waals surface area contributed by atoms with Crippen molar-refractivity contribution in [3.8, 4) is 5.95 Å². The number of aromatic hydroxyl groups is 1. The monoisotopic (exact) mass is 288 g/mol. The van der Waals surface area contributed by atoms with Gasteiger partial charge in [-0.25, -0.2) is 0 Å². The summed E-state index contributed by atoms with van der Waals surface area (Å²) in [4.78, 5) is 13.7. The first-order valence-electron chi connectivity index (χ1n) is 6.34. The second-order valence-electron chi connectivity index (χ2n) is 4.46. The first-order valence-corrected chi connectivity index (χ1v) is 6.34. The second kappa shape index (κ2) is 6.62. The van der Waals surface area contributed by atoms with Crippen LogP contribution in [0.3, 0.4) is 0 Å². The van der Waals surface area contributed by atoms with E-state index in [1.54, 1.807) is 6.07 Å². The SMILES string of the molecule is N[C@@H](Cc1c[nH]c2ccccc12)C(=O)O.Oc1ccco1. The predicted molar refractivity (Wildman–Crippen MR) is 78.0 cm³/mol. The van der Waals surface area contributed by atoms with E-state index < -0.39 is 12.0 Å². The Bertz CT molecular complexity index is 703. The number of rotatable bonds is 3. The molecule has 6 nitrogen and oxygen atoms in total. The molecule has 3 rings (SSSR count). The molecule has 0 radical (unpaired) electrons. The highest BCUT2D eigenvalue weighted by Gasteiger charge is 2.14. The summed E-state index contributed by atoms with van der Waals surface area (Å²) in [5.41, 5.74) is 7.43. The van der Waals surface area contributed by atoms with E-state index in [1.807, 2.05) is 30.5 Å². The van der Waals surface area contributed by atoms with Gasteiger partial charge < -0.3 is 25.3 Å². The zero-order chi connectivity index (χ0) is 15.2. The van der Waals surface area contributed by atoms with Gasteiger partial charge >= 0.3 is 5.97 Å². The summed E-state index contributed by atoms with van der Waals surface area (Å²) in [6.07, 6.45) is 3.57. The van der Waals surface area contributed by atoms with Crippen molar-refractivity contribution in [1.82, 2.24) is 4.98 Å². The molecule has 0 aliphatic carbocycles. The summed E-state index contributed by atoms with van der Waals surface area (Å²) in [6, 6.07) is 10.0. The average molecular weight is 288 g/mol. The van der Waals surface area contributed by atoms with Gasteiger partial charge in [0.25, 0.3) is 5.95 Å². The van der Waals surface area contributed by atoms with Gasteiger partial charge in [0.15, 0.2) is 0 Å². The van der Waals surface area contributed by atoms with Gasteiger partial charge in [-0.2, -0.15) is 0 Å². The molecule has 0 unspecified atom stereocenters. The smallest absolute Gasteiger partial charge is 0.320 e. The van der Waals surface area contributed by atoms with E-state index in [0.29, 0.717) is 6.42 Å². The standard InChI is InChI=1S/C11H12N2O2.C4H4O2/c12-9(11(14)15)5-7-6-13-10-4-2-1-3-8(7)10;5-4-2-1-3-6-4/h1-4,6,9,13H,5,12H2,(H,14,15);1-3,5H/t9-;/m0./s1. The number of carboxylic acid groups (broad SMARTS) is 1. The molecule has 21 heavy (non-hydrogen) atoms. The van der Waals surface area contributed by atoms with Crippen LogP contribution >= 0.6 is 0 Å². The molecule has 0 spiro atoms. The molecule has 1 aromatic carbocycles. The highest BCUT2D eigenvalue weighted by molar-refractivity contribution is 5.84. The summed E-state index contributed by atoms with van der Waals surface area (Å²) >= 11 is 0. The van der Waals surface area contributed by atoms with E-state index in [9.17, 15) is 4.79 Å². The van der Waals surface area contributed by atoms with Crippen molar-refractivity contribution in [2.24, 2.45) is 5.73 Å². The molecule has 2 aromatic heterocycles. The third kappa shape index (κ3) is 3.87. The topological polar surface area (TPSA) is 112 Å². The van der Waals surface area contributed by atoms with Crippen LogP contribution in [0.15, 0.2) is 53.3 Å². The first-order chi connectivity index (χ1) is 10.1. The van der Waals surface area contributed by atoms with Crippen LogP contribution < -0.4 is 5.73 Å². The van der Waals surface area contributed by atoms with E-state index >= 15 is 0 Å². The Kier molecular flexibility index (Phi) is 4.63. The quantitative estimate of drug-likeness (QED) is 0.589. The Hall–Kier alpha value is -2.73. The van der Waals surface area contributed by atoms with E-state index in [2.05, 4.69) is 9.40 Å². The Morgan fingerprint density at radius 2 is 2.05 bits per heavy atom. The Morgan fingerprint density at radius 3 is 2.62 bits per heavy atom. The lowest BCUT2D eigenvalue weighted by atomic mass is 10.1. The number of aliphatic carboxylic acids is 1. The fourth-order valence-electron chi connectivity index (χ4n) is 1.89. The van der Waals surface area contributed by atoms with Crippen molar-refractivity contribution in [3.05, 3.63) is 54.4 Å². The third-order valence-corrected chi connectivity index (χ3v) is 2.94. The van der Waals surface area contributed by atoms with Crippen molar-refractivity contribution in [3.63, 3.8) is 0 Å². The van der Waals surface area contributed by atoms with Gasteiger partial charge in [0.05, 0.1) is 6.26 Å². The molecule has 1 atom stereocenters. The molecular formula is C15H16N2O4. The second-order valence-corrected chi connectivity index (χ2v) is 4.46. The van der Waals surface area contributed by atoms with Crippen molar-refractivity contribution in [1.29, 1.82) is 0 Å². The van der Waals surface area contributed by atoms with Gasteiger partial charge in [0.2, 0.25) is 0 Å². The lowest BCUT2D eigenvalue weighted by Crippen LogP contribution is -2.32. The largest absolute Gasteiger partial charge is 0.481 e. The molecule has 0 saturated heterocycles. The van der Waals surface area contributed by atoms with E-state index in [0.717, 1.165) is 16.5 Å². The zero-order valence-electron chi connectivity index (χ0n) is 11.2. The molecule has 0 bridgehead atoms. The Balaban J connectivity index is 0.000000225. The number of carbonyl (C=O) groups is 1. The summed E-state index contributed by atoms with van der Waals surface area (Å²) in [5.74, 6) is -1.00. The Morgan fingerprint density at radius 1 is 1.29 bits per heavy atom. The molecule has 110 valence electrons. The normalized spacial score (nSPS) is 11.7. The van der Waals surface area contributed by atoms with Crippen LogP contribution in [-0.2, 0) is 11.2 Å². The fourth-order valence-corrected chi connectivity index (χ4v) is 1.89. The fraction of sp³-hybridized carbons (Fsp3) is 0.133. The number of aromatic nitrogens is 1. The number of carboxylic acids is 1. The molecule has 5 N–H and O–H groups in total. The van der Waals surface area contributed by atoms with Crippen LogP contribution in [-0.4, -0.2) is 27.2 Å². The number of benzene rings is 1. The third-order valence-electron chi connectivity index (χ3n) is 2.94. The zero-order valence-corrected chi connectivity index (χ0v) is 11.2. The van der Waals surface area contributed by atoms with Gasteiger partial charge in [-0.15, -0.1) is 0 Å². The van der Waals surface area contributed by atoms with Crippen LogP contribution in [0.4, 0.5) is 0 Å². The van der Waals surface area contributed by atoms with Crippen molar-refractivity contribution in [2.75, 3.05) is 0 Å². The molecular weight excluding hydrogens is 272 g/mol. The highest BCUT2D eigenvalue weighted by Crippen LogP contribution is 2.18. The minimum absolute atomic E-state index is 0.0324. The molecule has 0 aliphatic rings. The number of hydrogen-bond donors (Lipinski definition) is 4. The predicted octanol–water partition coefficient (Wildman–Crippen LogP) is 2.11. The molecule has 3 aromatic rings. The van der Waals surface area contributed by atoms with Crippen LogP contribution in [0.2, 0.25) is 0 Å². The number of nitrogens with one attached hydrogen (secondary N) is 1. The average Bonchev–Trinajstić information content (AvgIpc) is 3.09. The Labute approximate surface area is 120 Å². The van der Waals surface area contributed by atoms with E-state index in [1.165, 1.54) is 12.3 Å². The molecule has 0 amide bonds. The lowest BCUT2D eigenvalue weighted by Gasteiger charge is -2.04. The maximum atomic E-state index is 10.6. The number of H-pyrrole nitrogens is 1. The summed E-state index contributed by atoms with van der Waals surface area (Å²) < 4.78 is 4.39. The van der Waals surface area contributed by atoms with Gasteiger partial charge in [-0.05, 0) is 17.7 Å². The summed E-state index contributed by atoms with van der Waals surface area (Å²) in [6.45, 7) is 0. The van der Waals surface area contributed by atoms with Crippen molar-refractivity contribution in [2.45, 2.75) is 12.5 Å². The van der Waals surface area contributed by atoms with Crippen LogP contribution in [0, 0.1) is 0 Å². The summed E-state index contributed by atoms with van der Waals surface area (Å²) in [5, 5.41) is 18.1. The lowest BCUT2D eigenvalue weighted by molar-refractivity contribution is -0.138. The molecule has 6 heteroatoms. The van der Waals surface area contributed by atoms with Crippen LogP contribution in [0.5, 0.6) is 5.95 Å². The number of hydrogen-bond acceptors (Lipinski definition) is 4. The molecule has 0 aliphatic heterocycles. The molecule has 2 heterocycles. The maximum absolute atomic E-state index is 10.6. The van der Waals surface area contributed by atoms with Crippen LogP contribution in [0.1, 0.15) is 5.56 Å². The maximum Gasteiger partial charge on any atom is 0.320 e. The highest BCUT2D eigenvalue weighted by atomic mass is 16.5. The first kappa shape index (κ1) is 14.7. The molecule has 0 fully saturated rings. The van der Waals surface area contributed by atoms with Crippen molar-refractivity contribution < 1.29 is 19.4 Å². The summed E-state index contributed by atoms with van der Waals surface area (Å²) in [7, 11) is 0.